The molecule has 4 N–H and O–H groups in total. The van der Waals surface area contributed by atoms with Crippen molar-refractivity contribution in [1.82, 2.24) is 15.1 Å². The molecule has 4 aromatic rings. The van der Waals surface area contributed by atoms with E-state index in [-0.39, 0.29) is 23.6 Å². The quantitative estimate of drug-likeness (QED) is 0.190. The molecule has 0 aliphatic heterocycles. The Bertz CT molecular complexity index is 1570. The van der Waals surface area contributed by atoms with Crippen LogP contribution in [0.5, 0.6) is 0 Å². The number of anilines is 1. The Balaban J connectivity index is 1.47. The zero-order valence-corrected chi connectivity index (χ0v) is 22.1. The van der Waals surface area contributed by atoms with E-state index in [2.05, 4.69) is 15.7 Å². The van der Waals surface area contributed by atoms with Crippen molar-refractivity contribution < 1.29 is 31.1 Å². The third-order valence-corrected chi connectivity index (χ3v) is 6.96. The lowest BCUT2D eigenvalue weighted by Gasteiger charge is -2.22. The highest BCUT2D eigenvalue weighted by Gasteiger charge is 2.36. The van der Waals surface area contributed by atoms with Crippen LogP contribution < -0.4 is 16.4 Å². The van der Waals surface area contributed by atoms with Gasteiger partial charge in [0, 0.05) is 18.3 Å². The monoisotopic (exact) mass is 587 g/mol. The van der Waals surface area contributed by atoms with Crippen LogP contribution in [0.15, 0.2) is 78.9 Å². The van der Waals surface area contributed by atoms with Gasteiger partial charge in [0.2, 0.25) is 0 Å². The van der Waals surface area contributed by atoms with Gasteiger partial charge >= 0.3 is 12.4 Å². The predicted octanol–water partition coefficient (Wildman–Crippen LogP) is 6.71. The molecule has 3 aromatic carbocycles. The average Bonchev–Trinajstić information content (AvgIpc) is 3.66. The second kappa shape index (κ2) is 11.6. The molecule has 1 aliphatic carbocycles. The van der Waals surface area contributed by atoms with Gasteiger partial charge in [-0.05, 0) is 78.4 Å². The SMILES string of the molecule is NCc1cccc(-n2nc(C(F)(F)F)cc2C(=O)Nc2cccc(C(NCC3CC3)c3cccc(C(F)(F)F)c3)c2)c1. The summed E-state index contributed by atoms with van der Waals surface area (Å²) < 4.78 is 82.0. The summed E-state index contributed by atoms with van der Waals surface area (Å²) in [4.78, 5) is 13.3. The Kier molecular flexibility index (Phi) is 8.11. The first-order valence-electron chi connectivity index (χ1n) is 13.2. The van der Waals surface area contributed by atoms with E-state index >= 15 is 0 Å². The number of carbonyl (C=O) groups is 1. The van der Waals surface area contributed by atoms with E-state index in [0.717, 1.165) is 29.7 Å². The molecule has 0 spiro atoms. The fourth-order valence-corrected chi connectivity index (χ4v) is 4.61. The Labute approximate surface area is 237 Å². The maximum Gasteiger partial charge on any atom is 0.435 e. The number of amides is 1. The number of benzene rings is 3. The highest BCUT2D eigenvalue weighted by atomic mass is 19.4. The summed E-state index contributed by atoms with van der Waals surface area (Å²) in [5, 5.41) is 9.60. The minimum Gasteiger partial charge on any atom is -0.326 e. The fourth-order valence-electron chi connectivity index (χ4n) is 4.61. The van der Waals surface area contributed by atoms with Crippen molar-refractivity contribution in [2.75, 3.05) is 11.9 Å². The highest BCUT2D eigenvalue weighted by molar-refractivity contribution is 6.03. The van der Waals surface area contributed by atoms with E-state index in [1.807, 2.05) is 0 Å². The third-order valence-electron chi connectivity index (χ3n) is 6.96. The Morgan fingerprint density at radius 1 is 0.905 bits per heavy atom. The van der Waals surface area contributed by atoms with Crippen molar-refractivity contribution in [3.8, 4) is 5.69 Å². The minimum absolute atomic E-state index is 0.136. The van der Waals surface area contributed by atoms with Crippen LogP contribution in [0, 0.1) is 5.92 Å². The summed E-state index contributed by atoms with van der Waals surface area (Å²) in [6.07, 6.45) is -7.26. The maximum absolute atomic E-state index is 13.6. The Morgan fingerprint density at radius 3 is 2.26 bits per heavy atom. The number of hydrogen-bond acceptors (Lipinski definition) is 4. The van der Waals surface area contributed by atoms with Gasteiger partial charge in [-0.1, -0.05) is 36.4 Å². The zero-order chi connectivity index (χ0) is 30.1. The van der Waals surface area contributed by atoms with Crippen molar-refractivity contribution in [3.05, 3.63) is 113 Å². The topological polar surface area (TPSA) is 85.0 Å². The summed E-state index contributed by atoms with van der Waals surface area (Å²) in [6.45, 7) is 0.732. The number of nitrogens with two attached hydrogens (primary N) is 1. The number of alkyl halides is 6. The average molecular weight is 588 g/mol. The predicted molar refractivity (Wildman–Crippen MR) is 145 cm³/mol. The molecular formula is C30H27F6N5O. The van der Waals surface area contributed by atoms with Crippen LogP contribution >= 0.6 is 0 Å². The molecule has 220 valence electrons. The summed E-state index contributed by atoms with van der Waals surface area (Å²) in [5.41, 5.74) is 5.36. The fraction of sp³-hybridized carbons (Fsp3) is 0.267. The molecule has 42 heavy (non-hydrogen) atoms. The number of nitrogens with one attached hydrogen (secondary N) is 2. The van der Waals surface area contributed by atoms with Crippen LogP contribution in [0.25, 0.3) is 5.69 Å². The summed E-state index contributed by atoms with van der Waals surface area (Å²) in [7, 11) is 0. The number of nitrogens with zero attached hydrogens (tertiary/aromatic N) is 2. The highest BCUT2D eigenvalue weighted by Crippen LogP contribution is 2.35. The van der Waals surface area contributed by atoms with Gasteiger partial charge in [0.25, 0.3) is 5.91 Å². The van der Waals surface area contributed by atoms with E-state index in [1.165, 1.54) is 18.2 Å². The molecule has 1 unspecified atom stereocenters. The first-order valence-corrected chi connectivity index (χ1v) is 13.2. The molecule has 0 bridgehead atoms. The molecule has 1 aliphatic rings. The van der Waals surface area contributed by atoms with E-state index in [4.69, 9.17) is 5.73 Å². The van der Waals surface area contributed by atoms with Gasteiger partial charge in [0.05, 0.1) is 17.3 Å². The van der Waals surface area contributed by atoms with E-state index in [1.54, 1.807) is 42.5 Å². The molecule has 1 fully saturated rings. The molecule has 6 nitrogen and oxygen atoms in total. The van der Waals surface area contributed by atoms with E-state index < -0.39 is 35.6 Å². The summed E-state index contributed by atoms with van der Waals surface area (Å²) in [6, 6.07) is 17.9. The molecular weight excluding hydrogens is 560 g/mol. The van der Waals surface area contributed by atoms with Crippen LogP contribution in [0.2, 0.25) is 0 Å². The largest absolute Gasteiger partial charge is 0.435 e. The van der Waals surface area contributed by atoms with Gasteiger partial charge in [-0.3, -0.25) is 4.79 Å². The maximum atomic E-state index is 13.6. The third kappa shape index (κ3) is 6.82. The van der Waals surface area contributed by atoms with Crippen molar-refractivity contribution >= 4 is 11.6 Å². The minimum atomic E-state index is -4.79. The number of rotatable bonds is 9. The van der Waals surface area contributed by atoms with Gasteiger partial charge in [-0.25, -0.2) is 4.68 Å². The molecule has 1 saturated carbocycles. The molecule has 1 amide bonds. The zero-order valence-electron chi connectivity index (χ0n) is 22.1. The van der Waals surface area contributed by atoms with Gasteiger partial charge in [-0.15, -0.1) is 0 Å². The second-order valence-corrected chi connectivity index (χ2v) is 10.2. The van der Waals surface area contributed by atoms with Crippen molar-refractivity contribution in [2.45, 2.75) is 37.8 Å². The van der Waals surface area contributed by atoms with E-state index in [0.29, 0.717) is 35.2 Å². The Morgan fingerprint density at radius 2 is 1.60 bits per heavy atom. The van der Waals surface area contributed by atoms with Crippen molar-refractivity contribution in [2.24, 2.45) is 11.7 Å². The van der Waals surface area contributed by atoms with Crippen LogP contribution in [-0.2, 0) is 18.9 Å². The molecule has 1 atom stereocenters. The number of hydrogen-bond donors (Lipinski definition) is 3. The lowest BCUT2D eigenvalue weighted by Crippen LogP contribution is -2.25. The molecule has 0 saturated heterocycles. The van der Waals surface area contributed by atoms with Crippen LogP contribution in [0.3, 0.4) is 0 Å². The summed E-state index contributed by atoms with van der Waals surface area (Å²) in [5.74, 6) is -0.420. The standard InChI is InChI=1S/C30H27F6N5O/c31-29(32,33)22-7-2-5-20(13-22)27(38-17-18-10-11-18)21-6-3-8-23(14-21)39-28(42)25-15-26(30(34,35)36)40-41(25)24-9-1-4-19(12-24)16-37/h1-9,12-15,18,27,38H,10-11,16-17,37H2,(H,39,42). The molecule has 1 aromatic heterocycles. The lowest BCUT2D eigenvalue weighted by atomic mass is 9.96. The number of halogens is 6. The normalized spacial score (nSPS) is 14.5. The van der Waals surface area contributed by atoms with E-state index in [9.17, 15) is 31.1 Å². The number of carbonyl (C=O) groups excluding carboxylic acids is 1. The van der Waals surface area contributed by atoms with Crippen LogP contribution in [0.4, 0.5) is 32.0 Å². The second-order valence-electron chi connectivity index (χ2n) is 10.2. The van der Waals surface area contributed by atoms with Gasteiger partial charge < -0.3 is 16.4 Å². The van der Waals surface area contributed by atoms with Crippen molar-refractivity contribution in [3.63, 3.8) is 0 Å². The van der Waals surface area contributed by atoms with Crippen molar-refractivity contribution in [1.29, 1.82) is 0 Å². The van der Waals surface area contributed by atoms with Gasteiger partial charge in [-0.2, -0.15) is 31.4 Å². The molecule has 1 heterocycles. The van der Waals surface area contributed by atoms with Gasteiger partial charge in [0.15, 0.2) is 5.69 Å². The van der Waals surface area contributed by atoms with Gasteiger partial charge in [0.1, 0.15) is 5.69 Å². The van der Waals surface area contributed by atoms with Crippen LogP contribution in [-0.4, -0.2) is 22.2 Å². The number of aromatic nitrogens is 2. The molecule has 5 rings (SSSR count). The lowest BCUT2D eigenvalue weighted by molar-refractivity contribution is -0.141. The smallest absolute Gasteiger partial charge is 0.326 e. The first-order chi connectivity index (χ1) is 19.9. The van der Waals surface area contributed by atoms with Crippen LogP contribution in [0.1, 0.15) is 57.3 Å². The first kappa shape index (κ1) is 29.3. The molecule has 12 heteroatoms. The Hall–Kier alpha value is -4.16. The summed E-state index contributed by atoms with van der Waals surface area (Å²) >= 11 is 0. The molecule has 0 radical (unpaired) electrons.